The molecule has 0 fully saturated rings. The second-order valence-electron chi connectivity index (χ2n) is 8.65. The first-order valence-electron chi connectivity index (χ1n) is 8.89. The first-order valence-corrected chi connectivity index (χ1v) is 10.6. The van der Waals surface area contributed by atoms with E-state index in [9.17, 15) is 4.79 Å². The van der Waals surface area contributed by atoms with Gasteiger partial charge in [-0.25, -0.2) is 9.67 Å². The van der Waals surface area contributed by atoms with E-state index in [2.05, 4.69) is 51.8 Å². The molecule has 3 heterocycles. The highest BCUT2D eigenvalue weighted by Crippen LogP contribution is 2.31. The summed E-state index contributed by atoms with van der Waals surface area (Å²) >= 11 is 3.05. The molecule has 0 saturated heterocycles. The summed E-state index contributed by atoms with van der Waals surface area (Å²) in [6.45, 7) is 14.5. The molecule has 0 aliphatic heterocycles. The van der Waals surface area contributed by atoms with Crippen molar-refractivity contribution >= 4 is 34.4 Å². The van der Waals surface area contributed by atoms with Gasteiger partial charge in [0.05, 0.1) is 16.9 Å². The van der Waals surface area contributed by atoms with Crippen LogP contribution in [0.5, 0.6) is 0 Å². The number of hydrogen-bond donors (Lipinski definition) is 1. The van der Waals surface area contributed by atoms with Crippen LogP contribution in [0.25, 0.3) is 10.6 Å². The van der Waals surface area contributed by atoms with E-state index >= 15 is 0 Å². The van der Waals surface area contributed by atoms with Gasteiger partial charge < -0.3 is 5.32 Å². The highest BCUT2D eigenvalue weighted by Gasteiger charge is 2.27. The van der Waals surface area contributed by atoms with Crippen LogP contribution in [-0.2, 0) is 11.0 Å². The van der Waals surface area contributed by atoms with Crippen LogP contribution < -0.4 is 5.32 Å². The fraction of sp³-hybridized carbons (Fsp3) is 0.450. The standard InChI is InChI=1S/C20H26N4OS2/c1-12-16(27-18(21-12)13-8-9-26-11-13)17(25)22-15-10-14(19(2,3)4)23-24(15)20(5,6)7/h8-11H,1-7H3,(H,22,25). The Kier molecular flexibility index (Phi) is 5.03. The van der Waals surface area contributed by atoms with Gasteiger partial charge in [0, 0.05) is 22.4 Å². The third-order valence-electron chi connectivity index (χ3n) is 4.13. The van der Waals surface area contributed by atoms with Crippen LogP contribution in [0.1, 0.15) is 62.6 Å². The maximum atomic E-state index is 13.0. The van der Waals surface area contributed by atoms with E-state index in [0.717, 1.165) is 22.0 Å². The van der Waals surface area contributed by atoms with Gasteiger partial charge in [-0.1, -0.05) is 20.8 Å². The summed E-state index contributed by atoms with van der Waals surface area (Å²) in [5.41, 5.74) is 2.42. The number of nitrogens with zero attached hydrogens (tertiary/aromatic N) is 3. The van der Waals surface area contributed by atoms with Gasteiger partial charge >= 0.3 is 0 Å². The summed E-state index contributed by atoms with van der Waals surface area (Å²) in [7, 11) is 0. The first kappa shape index (κ1) is 19.8. The van der Waals surface area contributed by atoms with E-state index in [0.29, 0.717) is 10.7 Å². The Hall–Kier alpha value is -1.99. The topological polar surface area (TPSA) is 59.8 Å². The zero-order valence-corrected chi connectivity index (χ0v) is 18.5. The molecule has 144 valence electrons. The Morgan fingerprint density at radius 1 is 1.19 bits per heavy atom. The number of anilines is 1. The molecule has 0 bridgehead atoms. The Bertz CT molecular complexity index is 953. The third kappa shape index (κ3) is 4.14. The predicted molar refractivity (Wildman–Crippen MR) is 114 cm³/mol. The molecule has 0 aliphatic rings. The SMILES string of the molecule is Cc1nc(-c2ccsc2)sc1C(=O)Nc1cc(C(C)(C)C)nn1C(C)(C)C. The molecule has 0 aliphatic carbocycles. The maximum Gasteiger partial charge on any atom is 0.268 e. The summed E-state index contributed by atoms with van der Waals surface area (Å²) in [6.07, 6.45) is 0. The molecule has 27 heavy (non-hydrogen) atoms. The van der Waals surface area contributed by atoms with E-state index in [4.69, 9.17) is 5.10 Å². The van der Waals surface area contributed by atoms with E-state index in [-0.39, 0.29) is 16.9 Å². The molecular weight excluding hydrogens is 376 g/mol. The number of carbonyl (C=O) groups excluding carboxylic acids is 1. The van der Waals surface area contributed by atoms with Crippen LogP contribution >= 0.6 is 22.7 Å². The lowest BCUT2D eigenvalue weighted by atomic mass is 9.92. The molecule has 3 aromatic rings. The Balaban J connectivity index is 1.94. The fourth-order valence-electron chi connectivity index (χ4n) is 2.64. The van der Waals surface area contributed by atoms with Gasteiger partial charge in [-0.2, -0.15) is 16.4 Å². The van der Waals surface area contributed by atoms with Crippen molar-refractivity contribution < 1.29 is 4.79 Å². The van der Waals surface area contributed by atoms with Crippen molar-refractivity contribution in [2.45, 2.75) is 59.4 Å². The lowest BCUT2D eigenvalue weighted by Crippen LogP contribution is -2.27. The van der Waals surface area contributed by atoms with Crippen LogP contribution in [0, 0.1) is 6.92 Å². The number of rotatable bonds is 3. The normalized spacial score (nSPS) is 12.4. The van der Waals surface area contributed by atoms with Crippen molar-refractivity contribution in [3.05, 3.63) is 39.2 Å². The molecule has 1 N–H and O–H groups in total. The average molecular weight is 403 g/mol. The minimum Gasteiger partial charge on any atom is -0.306 e. The number of aryl methyl sites for hydroxylation is 1. The van der Waals surface area contributed by atoms with Crippen LogP contribution in [-0.4, -0.2) is 20.7 Å². The fourth-order valence-corrected chi connectivity index (χ4v) is 4.31. The Morgan fingerprint density at radius 3 is 2.44 bits per heavy atom. The summed E-state index contributed by atoms with van der Waals surface area (Å²) < 4.78 is 1.89. The molecule has 0 atom stereocenters. The highest BCUT2D eigenvalue weighted by molar-refractivity contribution is 7.17. The molecule has 1 amide bonds. The highest BCUT2D eigenvalue weighted by atomic mass is 32.1. The molecule has 3 aromatic heterocycles. The summed E-state index contributed by atoms with van der Waals surface area (Å²) in [4.78, 5) is 18.2. The monoisotopic (exact) mass is 402 g/mol. The lowest BCUT2D eigenvalue weighted by Gasteiger charge is -2.23. The van der Waals surface area contributed by atoms with Crippen LogP contribution in [0.15, 0.2) is 22.9 Å². The molecule has 0 unspecified atom stereocenters. The van der Waals surface area contributed by atoms with E-state index in [1.165, 1.54) is 11.3 Å². The smallest absolute Gasteiger partial charge is 0.268 e. The van der Waals surface area contributed by atoms with Crippen molar-refractivity contribution in [3.63, 3.8) is 0 Å². The molecule has 0 spiro atoms. The molecular formula is C20H26N4OS2. The number of nitrogens with one attached hydrogen (secondary N) is 1. The molecule has 0 aromatic carbocycles. The Labute approximate surface area is 168 Å². The number of hydrogen-bond acceptors (Lipinski definition) is 5. The van der Waals surface area contributed by atoms with Crippen LogP contribution in [0.3, 0.4) is 0 Å². The number of amides is 1. The lowest BCUT2D eigenvalue weighted by molar-refractivity contribution is 0.102. The van der Waals surface area contributed by atoms with E-state index in [1.807, 2.05) is 34.5 Å². The zero-order chi connectivity index (χ0) is 20.0. The van der Waals surface area contributed by atoms with Gasteiger partial charge in [-0.05, 0) is 39.1 Å². The predicted octanol–water partition coefficient (Wildman–Crippen LogP) is 5.68. The minimum atomic E-state index is -0.239. The molecule has 0 radical (unpaired) electrons. The quantitative estimate of drug-likeness (QED) is 0.613. The van der Waals surface area contributed by atoms with Gasteiger partial charge in [0.25, 0.3) is 5.91 Å². The summed E-state index contributed by atoms with van der Waals surface area (Å²) in [5, 5.41) is 12.8. The largest absolute Gasteiger partial charge is 0.306 e. The summed E-state index contributed by atoms with van der Waals surface area (Å²) in [6, 6.07) is 3.99. The van der Waals surface area contributed by atoms with Crippen molar-refractivity contribution in [3.8, 4) is 10.6 Å². The molecule has 7 heteroatoms. The van der Waals surface area contributed by atoms with Crippen LogP contribution in [0.2, 0.25) is 0 Å². The van der Waals surface area contributed by atoms with Crippen LogP contribution in [0.4, 0.5) is 5.82 Å². The van der Waals surface area contributed by atoms with Gasteiger partial charge in [0.15, 0.2) is 0 Å². The number of thiophene rings is 1. The van der Waals surface area contributed by atoms with E-state index < -0.39 is 0 Å². The van der Waals surface area contributed by atoms with Gasteiger partial charge in [0.1, 0.15) is 15.7 Å². The van der Waals surface area contributed by atoms with E-state index in [1.54, 1.807) is 11.3 Å². The maximum absolute atomic E-state index is 13.0. The van der Waals surface area contributed by atoms with Gasteiger partial charge in [0.2, 0.25) is 0 Å². The number of aromatic nitrogens is 3. The second-order valence-corrected chi connectivity index (χ2v) is 10.4. The zero-order valence-electron chi connectivity index (χ0n) is 16.9. The number of carbonyl (C=O) groups is 1. The summed E-state index contributed by atoms with van der Waals surface area (Å²) in [5.74, 6) is 0.569. The number of thiazole rings is 1. The van der Waals surface area contributed by atoms with Crippen molar-refractivity contribution in [2.75, 3.05) is 5.32 Å². The van der Waals surface area contributed by atoms with Gasteiger partial charge in [-0.3, -0.25) is 4.79 Å². The first-order chi connectivity index (χ1) is 12.5. The molecule has 3 rings (SSSR count). The van der Waals surface area contributed by atoms with Crippen molar-refractivity contribution in [2.24, 2.45) is 0 Å². The molecule has 5 nitrogen and oxygen atoms in total. The molecule has 0 saturated carbocycles. The third-order valence-corrected chi connectivity index (χ3v) is 6.01. The Morgan fingerprint density at radius 2 is 1.89 bits per heavy atom. The average Bonchev–Trinajstić information content (AvgIpc) is 3.22. The van der Waals surface area contributed by atoms with Gasteiger partial charge in [-0.15, -0.1) is 11.3 Å². The second kappa shape index (κ2) is 6.87. The minimum absolute atomic E-state index is 0.0947. The van der Waals surface area contributed by atoms with Crippen molar-refractivity contribution in [1.29, 1.82) is 0 Å². The van der Waals surface area contributed by atoms with Crippen molar-refractivity contribution in [1.82, 2.24) is 14.8 Å².